The largest absolute Gasteiger partial charge is 0.491 e. The molecule has 1 aliphatic carbocycles. The van der Waals surface area contributed by atoms with Crippen molar-refractivity contribution in [3.05, 3.63) is 66.2 Å². The van der Waals surface area contributed by atoms with E-state index < -0.39 is 25.0 Å². The zero-order valence-corrected chi connectivity index (χ0v) is 39.1. The maximum Gasteiger partial charge on any atom is 0.192 e. The van der Waals surface area contributed by atoms with Crippen LogP contribution in [0.5, 0.6) is 5.75 Å². The number of ether oxygens (including phenoxy) is 2. The molecule has 1 fully saturated rings. The van der Waals surface area contributed by atoms with Gasteiger partial charge in [-0.15, -0.1) is 0 Å². The normalized spacial score (nSPS) is 21.4. The predicted molar refractivity (Wildman–Crippen MR) is 229 cm³/mol. The van der Waals surface area contributed by atoms with Crippen molar-refractivity contribution in [1.82, 2.24) is 0 Å². The summed E-state index contributed by atoms with van der Waals surface area (Å²) in [4.78, 5) is 0. The highest BCUT2D eigenvalue weighted by molar-refractivity contribution is 6.75. The van der Waals surface area contributed by atoms with Crippen LogP contribution >= 0.6 is 0 Å². The van der Waals surface area contributed by atoms with Crippen molar-refractivity contribution < 1.29 is 22.8 Å². The van der Waals surface area contributed by atoms with Gasteiger partial charge in [0.05, 0.1) is 24.9 Å². The molecule has 1 aliphatic rings. The predicted octanol–water partition coefficient (Wildman–Crippen LogP) is 13.0. The highest BCUT2D eigenvalue weighted by Gasteiger charge is 2.51. The van der Waals surface area contributed by atoms with Gasteiger partial charge in [0.15, 0.2) is 25.0 Å². The highest BCUT2D eigenvalue weighted by atomic mass is 28.4. The van der Waals surface area contributed by atoms with E-state index in [4.69, 9.17) is 22.8 Å². The number of hydrogen-bond acceptors (Lipinski definition) is 5. The number of benzene rings is 2. The second-order valence-electron chi connectivity index (χ2n) is 20.1. The van der Waals surface area contributed by atoms with Crippen LogP contribution in [0, 0.1) is 11.8 Å². The summed E-state index contributed by atoms with van der Waals surface area (Å²) < 4.78 is 34.6. The van der Waals surface area contributed by atoms with Gasteiger partial charge < -0.3 is 22.8 Å². The first-order chi connectivity index (χ1) is 23.9. The zero-order chi connectivity index (χ0) is 39.0. The molecule has 0 heterocycles. The molecular formula is C44H78O5Si3. The molecule has 0 aromatic heterocycles. The molecule has 0 bridgehead atoms. The number of rotatable bonds is 19. The molecule has 0 saturated heterocycles. The van der Waals surface area contributed by atoms with Crippen molar-refractivity contribution in [3.63, 3.8) is 0 Å². The molecule has 1 saturated carbocycles. The summed E-state index contributed by atoms with van der Waals surface area (Å²) in [6, 6.07) is 20.7. The Balaban J connectivity index is 1.89. The van der Waals surface area contributed by atoms with E-state index >= 15 is 0 Å². The monoisotopic (exact) mass is 771 g/mol. The van der Waals surface area contributed by atoms with Gasteiger partial charge in [0.25, 0.3) is 0 Å². The lowest BCUT2D eigenvalue weighted by Gasteiger charge is -2.41. The van der Waals surface area contributed by atoms with Gasteiger partial charge >= 0.3 is 0 Å². The van der Waals surface area contributed by atoms with Crippen molar-refractivity contribution in [2.45, 2.75) is 180 Å². The molecule has 5 atom stereocenters. The van der Waals surface area contributed by atoms with Crippen molar-refractivity contribution >= 4 is 25.0 Å². The van der Waals surface area contributed by atoms with E-state index in [-0.39, 0.29) is 33.4 Å². The van der Waals surface area contributed by atoms with Crippen molar-refractivity contribution in [2.75, 3.05) is 13.2 Å². The highest BCUT2D eigenvalue weighted by Crippen LogP contribution is 2.49. The number of hydrogen-bond donors (Lipinski definition) is 0. The molecule has 3 rings (SSSR count). The minimum Gasteiger partial charge on any atom is -0.491 e. The summed E-state index contributed by atoms with van der Waals surface area (Å²) in [5.41, 5.74) is 1.23. The second kappa shape index (κ2) is 18.6. The average molecular weight is 771 g/mol. The lowest BCUT2D eigenvalue weighted by Crippen LogP contribution is -2.46. The fourth-order valence-corrected chi connectivity index (χ4v) is 10.6. The summed E-state index contributed by atoms with van der Waals surface area (Å²) in [6.07, 6.45) is 6.68. The van der Waals surface area contributed by atoms with Gasteiger partial charge in [0.2, 0.25) is 0 Å². The van der Waals surface area contributed by atoms with Crippen molar-refractivity contribution in [3.8, 4) is 5.75 Å². The average Bonchev–Trinajstić information content (AvgIpc) is 3.33. The summed E-state index contributed by atoms with van der Waals surface area (Å²) in [5, 5.41) is 0.402. The maximum atomic E-state index is 7.43. The molecule has 0 aliphatic heterocycles. The lowest BCUT2D eigenvalue weighted by atomic mass is 9.85. The second-order valence-corrected chi connectivity index (χ2v) is 34.4. The summed E-state index contributed by atoms with van der Waals surface area (Å²) in [7, 11) is -6.10. The molecule has 0 amide bonds. The third-order valence-corrected chi connectivity index (χ3v) is 26.5. The van der Waals surface area contributed by atoms with Gasteiger partial charge in [-0.1, -0.05) is 117 Å². The van der Waals surface area contributed by atoms with Crippen LogP contribution in [-0.2, 0) is 24.6 Å². The fourth-order valence-electron chi connectivity index (χ4n) is 6.51. The molecule has 0 unspecified atom stereocenters. The maximum absolute atomic E-state index is 7.43. The van der Waals surface area contributed by atoms with Crippen LogP contribution in [0.15, 0.2) is 60.7 Å². The quantitative estimate of drug-likeness (QED) is 0.105. The van der Waals surface area contributed by atoms with Gasteiger partial charge in [0.1, 0.15) is 12.4 Å². The first-order valence-electron chi connectivity index (χ1n) is 20.3. The molecule has 5 nitrogen and oxygen atoms in total. The minimum atomic E-state index is -2.04. The number of para-hydroxylation sites is 1. The number of unbranched alkanes of at least 4 members (excludes halogenated alkanes) is 1. The van der Waals surface area contributed by atoms with Crippen LogP contribution in [0.2, 0.25) is 54.4 Å². The zero-order valence-electron chi connectivity index (χ0n) is 36.1. The smallest absolute Gasteiger partial charge is 0.192 e. The third-order valence-electron chi connectivity index (χ3n) is 12.9. The first-order valence-corrected chi connectivity index (χ1v) is 29.0. The van der Waals surface area contributed by atoms with Gasteiger partial charge in [0, 0.05) is 6.61 Å². The molecule has 0 radical (unpaired) electrons. The van der Waals surface area contributed by atoms with Gasteiger partial charge in [-0.05, 0) is 116 Å². The van der Waals surface area contributed by atoms with E-state index in [0.29, 0.717) is 25.0 Å². The van der Waals surface area contributed by atoms with Gasteiger partial charge in [-0.3, -0.25) is 0 Å². The Bertz CT molecular complexity index is 1310. The third kappa shape index (κ3) is 13.2. The van der Waals surface area contributed by atoms with Crippen LogP contribution < -0.4 is 4.74 Å². The van der Waals surface area contributed by atoms with Crippen molar-refractivity contribution in [2.24, 2.45) is 11.8 Å². The Morgan fingerprint density at radius 3 is 1.60 bits per heavy atom. The van der Waals surface area contributed by atoms with E-state index in [1.807, 2.05) is 30.3 Å². The Kier molecular flexibility index (Phi) is 16.1. The molecule has 0 spiro atoms. The minimum absolute atomic E-state index is 0.0158. The van der Waals surface area contributed by atoms with Gasteiger partial charge in [-0.2, -0.15) is 0 Å². The first kappa shape index (κ1) is 45.1. The lowest BCUT2D eigenvalue weighted by molar-refractivity contribution is 0.0706. The van der Waals surface area contributed by atoms with Gasteiger partial charge in [-0.25, -0.2) is 0 Å². The Labute approximate surface area is 323 Å². The van der Waals surface area contributed by atoms with Crippen LogP contribution in [0.4, 0.5) is 0 Å². The van der Waals surface area contributed by atoms with Crippen molar-refractivity contribution in [1.29, 1.82) is 0 Å². The van der Waals surface area contributed by atoms with Crippen LogP contribution in [0.3, 0.4) is 0 Å². The van der Waals surface area contributed by atoms with Crippen LogP contribution in [0.25, 0.3) is 0 Å². The molecule has 8 heteroatoms. The standard InChI is InChI=1S/C44H78O5Si3/c1-42(2,3)50(10,11)47-37(34-46-36-26-20-17-21-27-36)29-30-39-38(28-22-23-31-45-33-35-24-18-16-19-25-35)40(48-51(12,13)43(4,5)6)32-41(39)49-52(14,15)44(7,8)9/h16-21,24-27,37-41H,22-23,28-34H2,1-15H3/t37-,38-,39-,40+,41-/m1/s1. The molecular weight excluding hydrogens is 693 g/mol. The fraction of sp³-hybridized carbons (Fsp3) is 0.727. The molecule has 296 valence electrons. The van der Waals surface area contributed by atoms with E-state index in [2.05, 4.69) is 132 Å². The van der Waals surface area contributed by atoms with E-state index in [0.717, 1.165) is 50.9 Å². The topological polar surface area (TPSA) is 46.2 Å². The summed E-state index contributed by atoms with van der Waals surface area (Å²) in [6.45, 7) is 37.6. The Morgan fingerprint density at radius 2 is 1.10 bits per heavy atom. The molecule has 52 heavy (non-hydrogen) atoms. The molecule has 2 aromatic carbocycles. The van der Waals surface area contributed by atoms with E-state index in [9.17, 15) is 0 Å². The Morgan fingerprint density at radius 1 is 0.615 bits per heavy atom. The Hall–Kier alpha value is -1.27. The summed E-state index contributed by atoms with van der Waals surface area (Å²) in [5.74, 6) is 1.74. The van der Waals surface area contributed by atoms with Crippen LogP contribution in [-0.4, -0.2) is 56.5 Å². The van der Waals surface area contributed by atoms with E-state index in [1.54, 1.807) is 0 Å². The molecule has 0 N–H and O–H groups in total. The molecule has 2 aromatic rings. The summed E-state index contributed by atoms with van der Waals surface area (Å²) >= 11 is 0. The SMILES string of the molecule is CC(C)(C)[Si](C)(C)O[C@H](CC[C@@H]1[C@@H](CCCCOCc2ccccc2)[C@@H](O[Si](C)(C)C(C)(C)C)C[C@H]1O[Si](C)(C)C(C)(C)C)COc1ccccc1. The van der Waals surface area contributed by atoms with Crippen LogP contribution in [0.1, 0.15) is 106 Å². The van der Waals surface area contributed by atoms with E-state index in [1.165, 1.54) is 5.56 Å².